The van der Waals surface area contributed by atoms with Crippen molar-refractivity contribution in [3.05, 3.63) is 53.1 Å². The number of carbonyl (C=O) groups excluding carboxylic acids is 1. The summed E-state index contributed by atoms with van der Waals surface area (Å²) in [5.41, 5.74) is 11.8. The molecule has 142 valence electrons. The van der Waals surface area contributed by atoms with E-state index in [4.69, 9.17) is 27.4 Å². The molecule has 0 aliphatic heterocycles. The predicted octanol–water partition coefficient (Wildman–Crippen LogP) is 2.50. The van der Waals surface area contributed by atoms with Gasteiger partial charge in [0.05, 0.1) is 13.3 Å². The number of amides is 1. The Balaban J connectivity index is 1.99. The highest BCUT2D eigenvalue weighted by Crippen LogP contribution is 2.27. The molecule has 0 fully saturated rings. The molecule has 0 radical (unpaired) electrons. The summed E-state index contributed by atoms with van der Waals surface area (Å²) < 4.78 is 10.5. The van der Waals surface area contributed by atoms with Crippen LogP contribution in [0.25, 0.3) is 0 Å². The maximum atomic E-state index is 10.9. The molecule has 7 nitrogen and oxygen atoms in total. The van der Waals surface area contributed by atoms with Crippen molar-refractivity contribution >= 4 is 35.1 Å². The van der Waals surface area contributed by atoms with Crippen molar-refractivity contribution in [2.45, 2.75) is 13.8 Å². The van der Waals surface area contributed by atoms with Crippen LogP contribution in [0.3, 0.4) is 0 Å². The van der Waals surface area contributed by atoms with E-state index in [0.717, 1.165) is 16.8 Å². The van der Waals surface area contributed by atoms with Gasteiger partial charge in [-0.3, -0.25) is 10.2 Å². The Labute approximate surface area is 163 Å². The lowest BCUT2D eigenvalue weighted by Crippen LogP contribution is -2.24. The topological polar surface area (TPSA) is 98.0 Å². The second kappa shape index (κ2) is 9.54. The minimum atomic E-state index is -0.569. The number of anilines is 1. The van der Waals surface area contributed by atoms with E-state index in [-0.39, 0.29) is 6.61 Å². The maximum absolute atomic E-state index is 10.9. The van der Waals surface area contributed by atoms with Crippen molar-refractivity contribution in [2.24, 2.45) is 10.8 Å². The van der Waals surface area contributed by atoms with Crippen LogP contribution in [0.1, 0.15) is 16.7 Å². The van der Waals surface area contributed by atoms with Gasteiger partial charge in [-0.1, -0.05) is 17.7 Å². The van der Waals surface area contributed by atoms with Crippen LogP contribution >= 0.6 is 12.2 Å². The van der Waals surface area contributed by atoms with Crippen molar-refractivity contribution in [3.8, 4) is 11.5 Å². The molecule has 0 saturated carbocycles. The Kier molecular flexibility index (Phi) is 7.13. The quantitative estimate of drug-likeness (QED) is 0.384. The normalized spacial score (nSPS) is 10.5. The van der Waals surface area contributed by atoms with Gasteiger partial charge in [0.15, 0.2) is 23.2 Å². The second-order valence-electron chi connectivity index (χ2n) is 5.81. The zero-order chi connectivity index (χ0) is 19.8. The summed E-state index contributed by atoms with van der Waals surface area (Å²) in [4.78, 5) is 10.9. The number of benzene rings is 2. The highest BCUT2D eigenvalue weighted by atomic mass is 32.1. The lowest BCUT2D eigenvalue weighted by atomic mass is 10.1. The van der Waals surface area contributed by atoms with Crippen LogP contribution in [-0.2, 0) is 4.79 Å². The van der Waals surface area contributed by atoms with E-state index >= 15 is 0 Å². The lowest BCUT2D eigenvalue weighted by Gasteiger charge is -2.11. The molecule has 1 amide bonds. The number of carbonyl (C=O) groups is 1. The fourth-order valence-corrected chi connectivity index (χ4v) is 2.47. The molecule has 0 heterocycles. The highest BCUT2D eigenvalue weighted by Gasteiger charge is 2.07. The van der Waals surface area contributed by atoms with Crippen molar-refractivity contribution in [3.63, 3.8) is 0 Å². The van der Waals surface area contributed by atoms with Crippen LogP contribution in [0, 0.1) is 13.8 Å². The SMILES string of the molecule is COc1ccc(/C=N\NC(=S)Nc2ccc(C)cc2C)cc1OCC(N)=O. The Bertz CT molecular complexity index is 868. The number of hydrogen-bond donors (Lipinski definition) is 3. The monoisotopic (exact) mass is 386 g/mol. The molecule has 0 aliphatic carbocycles. The van der Waals surface area contributed by atoms with Gasteiger partial charge in [0.1, 0.15) is 0 Å². The number of ether oxygens (including phenoxy) is 2. The smallest absolute Gasteiger partial charge is 0.255 e. The molecule has 4 N–H and O–H groups in total. The predicted molar refractivity (Wildman–Crippen MR) is 111 cm³/mol. The Morgan fingerprint density at radius 2 is 2.00 bits per heavy atom. The Morgan fingerprint density at radius 3 is 2.67 bits per heavy atom. The van der Waals surface area contributed by atoms with Crippen LogP contribution < -0.4 is 25.9 Å². The van der Waals surface area contributed by atoms with Crippen molar-refractivity contribution in [1.29, 1.82) is 0 Å². The third-order valence-electron chi connectivity index (χ3n) is 3.57. The molecular weight excluding hydrogens is 364 g/mol. The van der Waals surface area contributed by atoms with Crippen LogP contribution in [0.5, 0.6) is 11.5 Å². The van der Waals surface area contributed by atoms with Crippen LogP contribution in [0.2, 0.25) is 0 Å². The molecule has 0 atom stereocenters. The minimum absolute atomic E-state index is 0.237. The number of aryl methyl sites for hydroxylation is 2. The van der Waals surface area contributed by atoms with Gasteiger partial charge >= 0.3 is 0 Å². The Morgan fingerprint density at radius 1 is 1.22 bits per heavy atom. The van der Waals surface area contributed by atoms with E-state index in [1.165, 1.54) is 12.7 Å². The number of nitrogens with zero attached hydrogens (tertiary/aromatic N) is 1. The summed E-state index contributed by atoms with van der Waals surface area (Å²) in [5.74, 6) is 0.324. The number of hydrazone groups is 1. The number of nitrogens with one attached hydrogen (secondary N) is 2. The molecule has 2 rings (SSSR count). The van der Waals surface area contributed by atoms with Gasteiger partial charge in [-0.25, -0.2) is 0 Å². The molecule has 0 unspecified atom stereocenters. The molecule has 8 heteroatoms. The molecule has 27 heavy (non-hydrogen) atoms. The largest absolute Gasteiger partial charge is 0.493 e. The summed E-state index contributed by atoms with van der Waals surface area (Å²) >= 11 is 5.25. The average molecular weight is 386 g/mol. The van der Waals surface area contributed by atoms with Crippen molar-refractivity contribution in [1.82, 2.24) is 5.43 Å². The third-order valence-corrected chi connectivity index (χ3v) is 3.76. The summed E-state index contributed by atoms with van der Waals surface area (Å²) in [6.07, 6.45) is 1.58. The van der Waals surface area contributed by atoms with Gasteiger partial charge in [0.25, 0.3) is 5.91 Å². The number of primary amides is 1. The first-order chi connectivity index (χ1) is 12.9. The standard InChI is InChI=1S/C19H22N4O3S/c1-12-4-6-15(13(2)8-12)22-19(27)23-21-10-14-5-7-16(25-3)17(9-14)26-11-18(20)24/h4-10H,11H2,1-3H3,(H2,20,24)(H2,22,23,27)/b21-10-. The van der Waals surface area contributed by atoms with Gasteiger partial charge in [0, 0.05) is 5.69 Å². The third kappa shape index (κ3) is 6.27. The molecule has 0 aromatic heterocycles. The maximum Gasteiger partial charge on any atom is 0.255 e. The number of nitrogens with two attached hydrogens (primary N) is 1. The van der Waals surface area contributed by atoms with E-state index in [9.17, 15) is 4.79 Å². The van der Waals surface area contributed by atoms with Crippen LogP contribution in [-0.4, -0.2) is 31.0 Å². The summed E-state index contributed by atoms with van der Waals surface area (Å²) in [7, 11) is 1.51. The fraction of sp³-hybridized carbons (Fsp3) is 0.211. The van der Waals surface area contributed by atoms with Gasteiger partial charge in [-0.2, -0.15) is 5.10 Å². The molecular formula is C19H22N4O3S. The average Bonchev–Trinajstić information content (AvgIpc) is 2.62. The van der Waals surface area contributed by atoms with E-state index in [2.05, 4.69) is 21.9 Å². The molecule has 2 aromatic rings. The number of rotatable bonds is 7. The minimum Gasteiger partial charge on any atom is -0.493 e. The zero-order valence-corrected chi connectivity index (χ0v) is 16.2. The summed E-state index contributed by atoms with van der Waals surface area (Å²) in [6, 6.07) is 11.2. The van der Waals surface area contributed by atoms with Crippen LogP contribution in [0.4, 0.5) is 5.69 Å². The Hall–Kier alpha value is -3.13. The fourth-order valence-electron chi connectivity index (χ4n) is 2.30. The first-order valence-electron chi connectivity index (χ1n) is 8.15. The highest BCUT2D eigenvalue weighted by molar-refractivity contribution is 7.80. The number of hydrogen-bond acceptors (Lipinski definition) is 5. The van der Waals surface area contributed by atoms with E-state index in [1.807, 2.05) is 26.0 Å². The first-order valence-corrected chi connectivity index (χ1v) is 8.56. The van der Waals surface area contributed by atoms with Gasteiger partial charge in [-0.15, -0.1) is 0 Å². The molecule has 0 saturated heterocycles. The summed E-state index contributed by atoms with van der Waals surface area (Å²) in [6.45, 7) is 3.80. The van der Waals surface area contributed by atoms with E-state index in [0.29, 0.717) is 16.6 Å². The van der Waals surface area contributed by atoms with Crippen molar-refractivity contribution < 1.29 is 14.3 Å². The molecule has 2 aromatic carbocycles. The zero-order valence-electron chi connectivity index (χ0n) is 15.4. The molecule has 0 spiro atoms. The lowest BCUT2D eigenvalue weighted by molar-refractivity contribution is -0.119. The van der Waals surface area contributed by atoms with E-state index < -0.39 is 5.91 Å². The first kappa shape index (κ1) is 20.2. The molecule has 0 aliphatic rings. The summed E-state index contributed by atoms with van der Waals surface area (Å²) in [5, 5.41) is 7.58. The number of thiocarbonyl (C=S) groups is 1. The molecule has 0 bridgehead atoms. The van der Waals surface area contributed by atoms with E-state index in [1.54, 1.807) is 24.4 Å². The van der Waals surface area contributed by atoms with Gasteiger partial charge in [0.2, 0.25) is 0 Å². The van der Waals surface area contributed by atoms with Crippen LogP contribution in [0.15, 0.2) is 41.5 Å². The van der Waals surface area contributed by atoms with Gasteiger partial charge in [-0.05, 0) is 61.5 Å². The number of methoxy groups -OCH3 is 1. The van der Waals surface area contributed by atoms with Crippen molar-refractivity contribution in [2.75, 3.05) is 19.0 Å². The second-order valence-corrected chi connectivity index (χ2v) is 6.22. The van der Waals surface area contributed by atoms with Gasteiger partial charge < -0.3 is 20.5 Å².